The van der Waals surface area contributed by atoms with Crippen LogP contribution in [-0.4, -0.2) is 49.3 Å². The molecular formula is C51H96NO8P. The van der Waals surface area contributed by atoms with Gasteiger partial charge in [0.15, 0.2) is 6.10 Å². The molecule has 61 heavy (non-hydrogen) atoms. The summed E-state index contributed by atoms with van der Waals surface area (Å²) in [5.74, 6) is -0.821. The van der Waals surface area contributed by atoms with Gasteiger partial charge in [-0.3, -0.25) is 18.6 Å². The van der Waals surface area contributed by atoms with Gasteiger partial charge >= 0.3 is 19.8 Å². The van der Waals surface area contributed by atoms with Crippen LogP contribution in [-0.2, 0) is 32.7 Å². The Morgan fingerprint density at radius 3 is 1.26 bits per heavy atom. The van der Waals surface area contributed by atoms with Crippen LogP contribution in [0.25, 0.3) is 0 Å². The van der Waals surface area contributed by atoms with Crippen LogP contribution in [0, 0.1) is 0 Å². The monoisotopic (exact) mass is 882 g/mol. The number of phosphoric acid groups is 1. The van der Waals surface area contributed by atoms with E-state index in [9.17, 15) is 19.0 Å². The van der Waals surface area contributed by atoms with Gasteiger partial charge in [0.25, 0.3) is 0 Å². The first-order valence-electron chi connectivity index (χ1n) is 25.5. The normalized spacial score (nSPS) is 13.4. The molecule has 0 spiro atoms. The van der Waals surface area contributed by atoms with Gasteiger partial charge in [-0.2, -0.15) is 0 Å². The summed E-state index contributed by atoms with van der Waals surface area (Å²) in [6.07, 6.45) is 54.7. The van der Waals surface area contributed by atoms with E-state index < -0.39 is 26.5 Å². The number of phosphoric ester groups is 1. The molecule has 10 heteroatoms. The van der Waals surface area contributed by atoms with Crippen LogP contribution in [0.4, 0.5) is 0 Å². The topological polar surface area (TPSA) is 134 Å². The van der Waals surface area contributed by atoms with Gasteiger partial charge < -0.3 is 20.1 Å². The maximum Gasteiger partial charge on any atom is 0.472 e. The number of ether oxygens (including phenoxy) is 2. The lowest BCUT2D eigenvalue weighted by Gasteiger charge is -2.19. The van der Waals surface area contributed by atoms with Crippen molar-refractivity contribution in [2.24, 2.45) is 5.73 Å². The number of esters is 2. The van der Waals surface area contributed by atoms with Crippen molar-refractivity contribution in [3.05, 3.63) is 36.5 Å². The summed E-state index contributed by atoms with van der Waals surface area (Å²) in [7, 11) is -4.38. The van der Waals surface area contributed by atoms with Crippen LogP contribution >= 0.6 is 7.82 Å². The van der Waals surface area contributed by atoms with E-state index in [0.29, 0.717) is 6.42 Å². The fraction of sp³-hybridized carbons (Fsp3) is 0.843. The average Bonchev–Trinajstić information content (AvgIpc) is 3.25. The van der Waals surface area contributed by atoms with Crippen molar-refractivity contribution >= 4 is 19.8 Å². The van der Waals surface area contributed by atoms with Gasteiger partial charge in [-0.05, 0) is 51.4 Å². The van der Waals surface area contributed by atoms with E-state index in [1.807, 2.05) is 0 Å². The van der Waals surface area contributed by atoms with Gasteiger partial charge in [-0.25, -0.2) is 4.57 Å². The Balaban J connectivity index is 3.98. The third kappa shape index (κ3) is 47.5. The van der Waals surface area contributed by atoms with Crippen molar-refractivity contribution in [3.63, 3.8) is 0 Å². The summed E-state index contributed by atoms with van der Waals surface area (Å²) < 4.78 is 32.9. The average molecular weight is 882 g/mol. The van der Waals surface area contributed by atoms with Crippen molar-refractivity contribution in [1.82, 2.24) is 0 Å². The molecule has 0 fully saturated rings. The summed E-state index contributed by atoms with van der Waals surface area (Å²) in [5, 5.41) is 0. The zero-order chi connectivity index (χ0) is 44.6. The van der Waals surface area contributed by atoms with E-state index >= 15 is 0 Å². The first-order valence-corrected chi connectivity index (χ1v) is 27.0. The first-order chi connectivity index (χ1) is 29.8. The van der Waals surface area contributed by atoms with E-state index in [0.717, 1.165) is 51.4 Å². The molecule has 0 aliphatic heterocycles. The highest BCUT2D eigenvalue weighted by molar-refractivity contribution is 7.47. The van der Waals surface area contributed by atoms with Crippen LogP contribution in [0.5, 0.6) is 0 Å². The quantitative estimate of drug-likeness (QED) is 0.0265. The Hall–Kier alpha value is -1.77. The Bertz CT molecular complexity index is 1100. The minimum Gasteiger partial charge on any atom is -0.462 e. The smallest absolute Gasteiger partial charge is 0.462 e. The minimum absolute atomic E-state index is 0.0542. The molecule has 358 valence electrons. The fourth-order valence-electron chi connectivity index (χ4n) is 7.23. The molecule has 0 aromatic heterocycles. The molecule has 2 atom stereocenters. The lowest BCUT2D eigenvalue weighted by atomic mass is 10.0. The predicted octanol–water partition coefficient (Wildman–Crippen LogP) is 15.3. The summed E-state index contributed by atoms with van der Waals surface area (Å²) in [6, 6.07) is 0. The molecule has 0 bridgehead atoms. The molecule has 0 heterocycles. The zero-order valence-electron chi connectivity index (χ0n) is 39.7. The highest BCUT2D eigenvalue weighted by Crippen LogP contribution is 2.43. The molecule has 0 aliphatic carbocycles. The maximum atomic E-state index is 12.6. The summed E-state index contributed by atoms with van der Waals surface area (Å²) in [5.41, 5.74) is 5.36. The Morgan fingerprint density at radius 2 is 0.852 bits per heavy atom. The second-order valence-electron chi connectivity index (χ2n) is 17.0. The summed E-state index contributed by atoms with van der Waals surface area (Å²) in [4.78, 5) is 35.0. The Morgan fingerprint density at radius 1 is 0.492 bits per heavy atom. The van der Waals surface area contributed by atoms with E-state index in [-0.39, 0.29) is 38.6 Å². The summed E-state index contributed by atoms with van der Waals surface area (Å²) in [6.45, 7) is 3.75. The molecule has 0 aromatic rings. The minimum atomic E-state index is -4.38. The Kier molecular flexibility index (Phi) is 46.3. The molecule has 0 aliphatic rings. The van der Waals surface area contributed by atoms with Gasteiger partial charge in [-0.15, -0.1) is 0 Å². The van der Waals surface area contributed by atoms with E-state index in [2.05, 4.69) is 50.3 Å². The van der Waals surface area contributed by atoms with Crippen molar-refractivity contribution in [1.29, 1.82) is 0 Å². The highest BCUT2D eigenvalue weighted by Gasteiger charge is 2.26. The zero-order valence-corrected chi connectivity index (χ0v) is 40.5. The molecule has 9 nitrogen and oxygen atoms in total. The van der Waals surface area contributed by atoms with Crippen molar-refractivity contribution in [3.8, 4) is 0 Å². The molecular weight excluding hydrogens is 786 g/mol. The first kappa shape index (κ1) is 59.2. The van der Waals surface area contributed by atoms with Crippen LogP contribution in [0.3, 0.4) is 0 Å². The van der Waals surface area contributed by atoms with Crippen molar-refractivity contribution in [2.45, 2.75) is 251 Å². The molecule has 0 saturated carbocycles. The van der Waals surface area contributed by atoms with Crippen molar-refractivity contribution < 1.29 is 37.6 Å². The third-order valence-electron chi connectivity index (χ3n) is 11.0. The van der Waals surface area contributed by atoms with E-state index in [1.54, 1.807) is 0 Å². The number of carbonyl (C=O) groups is 2. The number of unbranched alkanes of at least 4 members (excludes halogenated alkanes) is 29. The summed E-state index contributed by atoms with van der Waals surface area (Å²) >= 11 is 0. The molecule has 0 saturated heterocycles. The molecule has 0 rings (SSSR count). The standard InChI is InChI=1S/C51H96NO8P/c1-3-5-7-9-11-13-15-17-18-19-20-21-22-23-24-25-26-27-28-29-30-32-34-36-38-40-42-44-51(54)60-49(48-59-61(55,56)58-46-45-52)47-57-50(53)43-41-39-37-35-33-31-16-14-12-10-8-6-4-2/h15,17,19-20,22-23,49H,3-14,16,18,21,24-48,52H2,1-2H3,(H,55,56)/b17-15-,20-19-,23-22-. The third-order valence-corrected chi connectivity index (χ3v) is 12.0. The Labute approximate surface area is 375 Å². The van der Waals surface area contributed by atoms with Crippen molar-refractivity contribution in [2.75, 3.05) is 26.4 Å². The molecule has 0 amide bonds. The molecule has 3 N–H and O–H groups in total. The maximum absolute atomic E-state index is 12.6. The molecule has 0 aromatic carbocycles. The largest absolute Gasteiger partial charge is 0.472 e. The van der Waals surface area contributed by atoms with Gasteiger partial charge in [0, 0.05) is 19.4 Å². The number of hydrogen-bond acceptors (Lipinski definition) is 8. The number of hydrogen-bond donors (Lipinski definition) is 2. The van der Waals surface area contributed by atoms with Gasteiger partial charge in [-0.1, -0.05) is 217 Å². The second-order valence-corrected chi connectivity index (χ2v) is 18.5. The van der Waals surface area contributed by atoms with Gasteiger partial charge in [0.05, 0.1) is 13.2 Å². The lowest BCUT2D eigenvalue weighted by Crippen LogP contribution is -2.29. The van der Waals surface area contributed by atoms with Crippen LogP contribution in [0.2, 0.25) is 0 Å². The predicted molar refractivity (Wildman–Crippen MR) is 257 cm³/mol. The van der Waals surface area contributed by atoms with Crippen LogP contribution in [0.1, 0.15) is 245 Å². The van der Waals surface area contributed by atoms with E-state index in [4.69, 9.17) is 24.3 Å². The molecule has 2 unspecified atom stereocenters. The number of carbonyl (C=O) groups excluding carboxylic acids is 2. The highest BCUT2D eigenvalue weighted by atomic mass is 31.2. The SMILES string of the molecule is CCCCCCC/C=C\C/C=C\C/C=C\CCCCCCCCCCCCCCC(=O)OC(COC(=O)CCCCCCCCCCCCCCC)COP(=O)(O)OCCN. The van der Waals surface area contributed by atoms with Gasteiger partial charge in [0.1, 0.15) is 6.61 Å². The second kappa shape index (κ2) is 47.7. The van der Waals surface area contributed by atoms with Crippen LogP contribution < -0.4 is 5.73 Å². The van der Waals surface area contributed by atoms with Crippen LogP contribution in [0.15, 0.2) is 36.5 Å². The van der Waals surface area contributed by atoms with Gasteiger partial charge in [0.2, 0.25) is 0 Å². The molecule has 0 radical (unpaired) electrons. The van der Waals surface area contributed by atoms with E-state index in [1.165, 1.54) is 161 Å². The fourth-order valence-corrected chi connectivity index (χ4v) is 8.00. The number of nitrogens with two attached hydrogens (primary N) is 1. The lowest BCUT2D eigenvalue weighted by molar-refractivity contribution is -0.161. The number of rotatable bonds is 48. The number of allylic oxidation sites excluding steroid dienone is 6.